The summed E-state index contributed by atoms with van der Waals surface area (Å²) in [6.07, 6.45) is 7.84. The Balaban J connectivity index is 2.04. The van der Waals surface area contributed by atoms with Crippen molar-refractivity contribution in [1.29, 1.82) is 0 Å². The van der Waals surface area contributed by atoms with E-state index >= 15 is 0 Å². The van der Waals surface area contributed by atoms with Crippen LogP contribution in [0.3, 0.4) is 0 Å². The molecule has 0 aromatic heterocycles. The van der Waals surface area contributed by atoms with Gasteiger partial charge in [-0.3, -0.25) is 9.80 Å². The summed E-state index contributed by atoms with van der Waals surface area (Å²) in [5.41, 5.74) is 0. The molecule has 0 saturated heterocycles. The highest BCUT2D eigenvalue weighted by Gasteiger charge is 2.32. The Kier molecular flexibility index (Phi) is 5.70. The number of hydrogen-bond acceptors (Lipinski definition) is 2. The van der Waals surface area contributed by atoms with Crippen molar-refractivity contribution in [2.75, 3.05) is 6.67 Å². The fourth-order valence-corrected chi connectivity index (χ4v) is 3.61. The largest absolute Gasteiger partial charge is 0.465 e. The molecule has 0 aliphatic heterocycles. The highest BCUT2D eigenvalue weighted by molar-refractivity contribution is 5.68. The predicted octanol–water partition coefficient (Wildman–Crippen LogP) is 3.57. The first kappa shape index (κ1) is 15.9. The van der Waals surface area contributed by atoms with Crippen molar-refractivity contribution in [2.45, 2.75) is 76.3 Å². The number of nitrogens with zero attached hydrogens (tertiary/aromatic N) is 2. The number of rotatable bonds is 4. The average Bonchev–Trinajstić information content (AvgIpc) is 2.49. The van der Waals surface area contributed by atoms with Crippen LogP contribution in [0.5, 0.6) is 0 Å². The number of carbonyl (C=O) groups is 2. The molecular formula is C15H26N2O4. The van der Waals surface area contributed by atoms with E-state index in [-0.39, 0.29) is 18.8 Å². The van der Waals surface area contributed by atoms with E-state index in [0.29, 0.717) is 0 Å². The van der Waals surface area contributed by atoms with Gasteiger partial charge in [-0.15, -0.1) is 0 Å². The van der Waals surface area contributed by atoms with Gasteiger partial charge in [0.25, 0.3) is 0 Å². The van der Waals surface area contributed by atoms with Crippen LogP contribution in [0.15, 0.2) is 0 Å². The maximum absolute atomic E-state index is 11.5. The monoisotopic (exact) mass is 298 g/mol. The Morgan fingerprint density at radius 1 is 0.714 bits per heavy atom. The van der Waals surface area contributed by atoms with Crippen LogP contribution in [0.2, 0.25) is 0 Å². The molecule has 2 N–H and O–H groups in total. The van der Waals surface area contributed by atoms with E-state index in [1.54, 1.807) is 0 Å². The topological polar surface area (TPSA) is 81.1 Å². The second kappa shape index (κ2) is 7.52. The van der Waals surface area contributed by atoms with Gasteiger partial charge in [0, 0.05) is 12.1 Å². The first-order valence-electron chi connectivity index (χ1n) is 8.08. The molecule has 0 aromatic carbocycles. The van der Waals surface area contributed by atoms with Crippen molar-refractivity contribution < 1.29 is 19.8 Å². The third-order valence-corrected chi connectivity index (χ3v) is 4.83. The molecule has 0 atom stereocenters. The van der Waals surface area contributed by atoms with Crippen LogP contribution in [0.1, 0.15) is 64.2 Å². The van der Waals surface area contributed by atoms with Gasteiger partial charge >= 0.3 is 12.2 Å². The smallest absolute Gasteiger partial charge is 0.408 e. The SMILES string of the molecule is O=C(O)N(CN(C(=O)O)C1CCCCC1)C1CCCCC1. The minimum absolute atomic E-state index is 0. The normalized spacial score (nSPS) is 21.0. The van der Waals surface area contributed by atoms with Gasteiger partial charge in [-0.25, -0.2) is 9.59 Å². The van der Waals surface area contributed by atoms with Crippen LogP contribution in [0, 0.1) is 0 Å². The second-order valence-electron chi connectivity index (χ2n) is 6.23. The quantitative estimate of drug-likeness (QED) is 0.777. The van der Waals surface area contributed by atoms with E-state index in [1.165, 1.54) is 9.80 Å². The molecule has 120 valence electrons. The fourth-order valence-electron chi connectivity index (χ4n) is 3.61. The van der Waals surface area contributed by atoms with E-state index in [4.69, 9.17) is 0 Å². The molecule has 2 fully saturated rings. The first-order valence-corrected chi connectivity index (χ1v) is 8.08. The van der Waals surface area contributed by atoms with Gasteiger partial charge in [0.05, 0.1) is 0 Å². The maximum Gasteiger partial charge on any atom is 0.408 e. The standard InChI is InChI=1S/C15H26N2O4/c18-14(19)16(12-7-3-1-4-8-12)11-17(15(20)21)13-9-5-2-6-10-13/h12-13H,1-11H2,(H,18,19)(H,20,21). The first-order chi connectivity index (χ1) is 10.1. The van der Waals surface area contributed by atoms with Crippen LogP contribution in [-0.2, 0) is 0 Å². The molecule has 21 heavy (non-hydrogen) atoms. The Morgan fingerprint density at radius 3 is 1.33 bits per heavy atom. The zero-order valence-electron chi connectivity index (χ0n) is 12.5. The minimum Gasteiger partial charge on any atom is -0.465 e. The van der Waals surface area contributed by atoms with Crippen molar-refractivity contribution in [3.05, 3.63) is 0 Å². The van der Waals surface area contributed by atoms with Crippen LogP contribution in [0.4, 0.5) is 9.59 Å². The molecule has 2 amide bonds. The molecule has 2 saturated carbocycles. The maximum atomic E-state index is 11.5. The van der Waals surface area contributed by atoms with Crippen LogP contribution < -0.4 is 0 Å². The Hall–Kier alpha value is -1.46. The molecule has 2 aliphatic rings. The molecule has 2 rings (SSSR count). The molecule has 2 aliphatic carbocycles. The highest BCUT2D eigenvalue weighted by atomic mass is 16.4. The number of hydrogen-bond donors (Lipinski definition) is 2. The summed E-state index contributed by atoms with van der Waals surface area (Å²) in [4.78, 5) is 25.8. The summed E-state index contributed by atoms with van der Waals surface area (Å²) >= 11 is 0. The van der Waals surface area contributed by atoms with Crippen molar-refractivity contribution in [2.24, 2.45) is 0 Å². The Bertz CT molecular complexity index is 329. The van der Waals surface area contributed by atoms with Crippen molar-refractivity contribution in [3.8, 4) is 0 Å². The molecule has 0 heterocycles. The van der Waals surface area contributed by atoms with Gasteiger partial charge in [-0.2, -0.15) is 0 Å². The fraction of sp³-hybridized carbons (Fsp3) is 0.867. The summed E-state index contributed by atoms with van der Waals surface area (Å²) in [5, 5.41) is 18.9. The lowest BCUT2D eigenvalue weighted by Gasteiger charge is -2.39. The molecule has 0 unspecified atom stereocenters. The van der Waals surface area contributed by atoms with Crippen LogP contribution in [0.25, 0.3) is 0 Å². The van der Waals surface area contributed by atoms with Crippen molar-refractivity contribution in [3.63, 3.8) is 0 Å². The molecule has 0 aromatic rings. The van der Waals surface area contributed by atoms with Crippen molar-refractivity contribution >= 4 is 12.2 Å². The van der Waals surface area contributed by atoms with E-state index in [0.717, 1.165) is 64.2 Å². The Labute approximate surface area is 125 Å². The van der Waals surface area contributed by atoms with Crippen LogP contribution >= 0.6 is 0 Å². The minimum atomic E-state index is -0.996. The van der Waals surface area contributed by atoms with Gasteiger partial charge in [0.15, 0.2) is 0 Å². The lowest BCUT2D eigenvalue weighted by atomic mass is 9.93. The average molecular weight is 298 g/mol. The zero-order valence-corrected chi connectivity index (χ0v) is 12.5. The van der Waals surface area contributed by atoms with E-state index < -0.39 is 12.2 Å². The van der Waals surface area contributed by atoms with Crippen LogP contribution in [-0.4, -0.2) is 51.0 Å². The van der Waals surface area contributed by atoms with Gasteiger partial charge < -0.3 is 10.2 Å². The molecular weight excluding hydrogens is 272 g/mol. The van der Waals surface area contributed by atoms with Gasteiger partial charge in [0.2, 0.25) is 0 Å². The summed E-state index contributed by atoms with van der Waals surface area (Å²) in [7, 11) is 0. The van der Waals surface area contributed by atoms with Gasteiger partial charge in [-0.05, 0) is 25.7 Å². The lowest BCUT2D eigenvalue weighted by molar-refractivity contribution is 0.0420. The van der Waals surface area contributed by atoms with Crippen molar-refractivity contribution in [1.82, 2.24) is 9.80 Å². The van der Waals surface area contributed by atoms with Gasteiger partial charge in [-0.1, -0.05) is 38.5 Å². The third-order valence-electron chi connectivity index (χ3n) is 4.83. The second-order valence-corrected chi connectivity index (χ2v) is 6.23. The van der Waals surface area contributed by atoms with E-state index in [9.17, 15) is 19.8 Å². The molecule has 0 spiro atoms. The van der Waals surface area contributed by atoms with Gasteiger partial charge in [0.1, 0.15) is 6.67 Å². The molecule has 0 radical (unpaired) electrons. The summed E-state index contributed by atoms with van der Waals surface area (Å²) in [6, 6.07) is -0.0524. The summed E-state index contributed by atoms with van der Waals surface area (Å²) in [5.74, 6) is 0. The third kappa shape index (κ3) is 4.25. The number of amides is 2. The predicted molar refractivity (Wildman–Crippen MR) is 78.3 cm³/mol. The molecule has 6 heteroatoms. The Morgan fingerprint density at radius 2 is 1.05 bits per heavy atom. The molecule has 0 bridgehead atoms. The number of carboxylic acid groups (broad SMARTS) is 2. The van der Waals surface area contributed by atoms with E-state index in [2.05, 4.69) is 0 Å². The zero-order chi connectivity index (χ0) is 15.2. The highest BCUT2D eigenvalue weighted by Crippen LogP contribution is 2.26. The molecule has 6 nitrogen and oxygen atoms in total. The van der Waals surface area contributed by atoms with E-state index in [1.807, 2.05) is 0 Å². The summed E-state index contributed by atoms with van der Waals surface area (Å²) in [6.45, 7) is 0. The summed E-state index contributed by atoms with van der Waals surface area (Å²) < 4.78 is 0. The lowest BCUT2D eigenvalue weighted by Crippen LogP contribution is -2.52.